The lowest BCUT2D eigenvalue weighted by Gasteiger charge is -2.24. The van der Waals surface area contributed by atoms with Crippen LogP contribution in [0.2, 0.25) is 0 Å². The molecule has 0 N–H and O–H groups in total. The van der Waals surface area contributed by atoms with Crippen LogP contribution >= 0.6 is 0 Å². The lowest BCUT2D eigenvalue weighted by atomic mass is 9.77. The van der Waals surface area contributed by atoms with E-state index >= 15 is 0 Å². The number of rotatable bonds is 2. The first-order chi connectivity index (χ1) is 8.24. The van der Waals surface area contributed by atoms with E-state index in [-0.39, 0.29) is 5.41 Å². The Morgan fingerprint density at radius 3 is 2.18 bits per heavy atom. The van der Waals surface area contributed by atoms with Crippen LogP contribution in [0.15, 0.2) is 24.3 Å². The van der Waals surface area contributed by atoms with Gasteiger partial charge in [-0.05, 0) is 31.7 Å². The average Bonchev–Trinajstić information content (AvgIpc) is 2.58. The van der Waals surface area contributed by atoms with Crippen LogP contribution in [0, 0.1) is 23.7 Å². The zero-order valence-corrected chi connectivity index (χ0v) is 10.7. The highest BCUT2D eigenvalue weighted by atomic mass is 14.4. The van der Waals surface area contributed by atoms with E-state index in [2.05, 4.69) is 37.3 Å². The fourth-order valence-electron chi connectivity index (χ4n) is 2.83. The summed E-state index contributed by atoms with van der Waals surface area (Å²) >= 11 is 0. The van der Waals surface area contributed by atoms with Gasteiger partial charge < -0.3 is 0 Å². The first kappa shape index (κ1) is 12.2. The molecule has 1 aliphatic carbocycles. The molecule has 17 heavy (non-hydrogen) atoms. The van der Waals surface area contributed by atoms with Crippen molar-refractivity contribution in [2.75, 3.05) is 0 Å². The Morgan fingerprint density at radius 1 is 1.06 bits per heavy atom. The van der Waals surface area contributed by atoms with Crippen molar-refractivity contribution in [3.05, 3.63) is 35.4 Å². The van der Waals surface area contributed by atoms with Crippen molar-refractivity contribution in [2.24, 2.45) is 5.41 Å². The van der Waals surface area contributed by atoms with Gasteiger partial charge in [-0.25, -0.2) is 0 Å². The summed E-state index contributed by atoms with van der Waals surface area (Å²) in [6.07, 6.45) is 8.14. The Kier molecular flexibility index (Phi) is 3.84. The van der Waals surface area contributed by atoms with Crippen LogP contribution in [-0.4, -0.2) is 0 Å². The highest BCUT2D eigenvalue weighted by Gasteiger charge is 2.30. The highest BCUT2D eigenvalue weighted by Crippen LogP contribution is 2.37. The molecule has 0 aromatic heterocycles. The molecule has 0 heterocycles. The molecule has 0 radical (unpaired) electrons. The van der Waals surface area contributed by atoms with Crippen LogP contribution in [0.3, 0.4) is 0 Å². The van der Waals surface area contributed by atoms with E-state index in [1.807, 2.05) is 0 Å². The summed E-state index contributed by atoms with van der Waals surface area (Å²) in [5, 5.41) is 9.53. The van der Waals surface area contributed by atoms with Gasteiger partial charge in [0.25, 0.3) is 0 Å². The van der Waals surface area contributed by atoms with Gasteiger partial charge in [0.05, 0.1) is 11.5 Å². The van der Waals surface area contributed by atoms with Crippen LogP contribution < -0.4 is 0 Å². The van der Waals surface area contributed by atoms with E-state index in [4.69, 9.17) is 0 Å². The third-order valence-electron chi connectivity index (χ3n) is 3.96. The van der Waals surface area contributed by atoms with Crippen molar-refractivity contribution in [3.8, 4) is 6.07 Å². The summed E-state index contributed by atoms with van der Waals surface area (Å²) in [7, 11) is 0. The predicted octanol–water partition coefficient (Wildman–Crippen LogP) is 4.40. The number of hydrogen-bond donors (Lipinski definition) is 0. The minimum atomic E-state index is -0.0915. The van der Waals surface area contributed by atoms with E-state index in [1.165, 1.54) is 36.8 Å². The molecule has 0 bridgehead atoms. The zero-order valence-electron chi connectivity index (χ0n) is 10.7. The van der Waals surface area contributed by atoms with Crippen molar-refractivity contribution in [3.63, 3.8) is 0 Å². The van der Waals surface area contributed by atoms with Crippen molar-refractivity contribution < 1.29 is 0 Å². The molecule has 1 aliphatic rings. The van der Waals surface area contributed by atoms with Crippen LogP contribution in [0.4, 0.5) is 0 Å². The van der Waals surface area contributed by atoms with Gasteiger partial charge in [-0.15, -0.1) is 0 Å². The molecule has 1 fully saturated rings. The topological polar surface area (TPSA) is 23.8 Å². The van der Waals surface area contributed by atoms with E-state index in [1.54, 1.807) is 0 Å². The van der Waals surface area contributed by atoms with E-state index in [0.717, 1.165) is 19.3 Å². The summed E-state index contributed by atoms with van der Waals surface area (Å²) in [4.78, 5) is 0. The van der Waals surface area contributed by atoms with Crippen LogP contribution in [0.5, 0.6) is 0 Å². The third kappa shape index (κ3) is 3.09. The van der Waals surface area contributed by atoms with Crippen molar-refractivity contribution >= 4 is 0 Å². The molecular weight excluding hydrogens is 206 g/mol. The molecule has 0 aliphatic heterocycles. The Labute approximate surface area is 104 Å². The molecule has 1 nitrogen and oxygen atoms in total. The largest absolute Gasteiger partial charge is 0.198 e. The summed E-state index contributed by atoms with van der Waals surface area (Å²) in [6, 6.07) is 11.3. The van der Waals surface area contributed by atoms with E-state index in [9.17, 15) is 5.26 Å². The maximum Gasteiger partial charge on any atom is 0.0693 e. The molecule has 1 saturated carbocycles. The maximum absolute atomic E-state index is 9.53. The number of aryl methyl sites for hydroxylation is 1. The van der Waals surface area contributed by atoms with Gasteiger partial charge in [0, 0.05) is 0 Å². The molecule has 1 aromatic carbocycles. The van der Waals surface area contributed by atoms with Crippen LogP contribution in [0.25, 0.3) is 0 Å². The number of nitriles is 1. The molecule has 0 spiro atoms. The van der Waals surface area contributed by atoms with E-state index < -0.39 is 0 Å². The fourth-order valence-corrected chi connectivity index (χ4v) is 2.83. The minimum Gasteiger partial charge on any atom is -0.198 e. The Hall–Kier alpha value is -1.29. The first-order valence-corrected chi connectivity index (χ1v) is 6.71. The monoisotopic (exact) mass is 227 g/mol. The Morgan fingerprint density at radius 2 is 1.65 bits per heavy atom. The van der Waals surface area contributed by atoms with Gasteiger partial charge in [-0.1, -0.05) is 55.5 Å². The molecule has 90 valence electrons. The summed E-state index contributed by atoms with van der Waals surface area (Å²) in [6.45, 7) is 2.11. The molecule has 0 saturated heterocycles. The molecule has 0 atom stereocenters. The fraction of sp³-hybridized carbons (Fsp3) is 0.562. The number of hydrogen-bond acceptors (Lipinski definition) is 1. The minimum absolute atomic E-state index is 0.0915. The van der Waals surface area contributed by atoms with Crippen molar-refractivity contribution in [2.45, 2.75) is 51.9 Å². The van der Waals surface area contributed by atoms with Gasteiger partial charge in [-0.3, -0.25) is 0 Å². The molecule has 0 amide bonds. The SMILES string of the molecule is Cc1ccc(CC2(C#N)CCCCCC2)cc1. The van der Waals surface area contributed by atoms with E-state index in [0.29, 0.717) is 0 Å². The Bertz CT molecular complexity index is 389. The maximum atomic E-state index is 9.53. The van der Waals surface area contributed by atoms with Gasteiger partial charge in [-0.2, -0.15) is 5.26 Å². The Balaban J connectivity index is 2.13. The second-order valence-corrected chi connectivity index (χ2v) is 5.47. The zero-order chi connectivity index (χ0) is 12.1. The normalized spacial score (nSPS) is 19.3. The molecule has 0 unspecified atom stereocenters. The standard InChI is InChI=1S/C16H21N/c1-14-6-8-15(9-7-14)12-16(13-17)10-4-2-3-5-11-16/h6-9H,2-5,10-12H2,1H3. The summed E-state index contributed by atoms with van der Waals surface area (Å²) < 4.78 is 0. The summed E-state index contributed by atoms with van der Waals surface area (Å²) in [5.74, 6) is 0. The van der Waals surface area contributed by atoms with Crippen LogP contribution in [-0.2, 0) is 6.42 Å². The second-order valence-electron chi connectivity index (χ2n) is 5.47. The highest BCUT2D eigenvalue weighted by molar-refractivity contribution is 5.24. The first-order valence-electron chi connectivity index (χ1n) is 6.71. The lowest BCUT2D eigenvalue weighted by Crippen LogP contribution is -2.20. The number of nitrogens with zero attached hydrogens (tertiary/aromatic N) is 1. The van der Waals surface area contributed by atoms with Gasteiger partial charge >= 0.3 is 0 Å². The van der Waals surface area contributed by atoms with Crippen LogP contribution in [0.1, 0.15) is 49.7 Å². The van der Waals surface area contributed by atoms with Gasteiger partial charge in [0.2, 0.25) is 0 Å². The van der Waals surface area contributed by atoms with Gasteiger partial charge in [0.15, 0.2) is 0 Å². The molecule has 1 heteroatoms. The van der Waals surface area contributed by atoms with Crippen molar-refractivity contribution in [1.29, 1.82) is 5.26 Å². The number of benzene rings is 1. The quantitative estimate of drug-likeness (QED) is 0.687. The third-order valence-corrected chi connectivity index (χ3v) is 3.96. The molecular formula is C16H21N. The molecule has 1 aromatic rings. The smallest absolute Gasteiger partial charge is 0.0693 e. The molecule has 2 rings (SSSR count). The predicted molar refractivity (Wildman–Crippen MR) is 70.6 cm³/mol. The average molecular weight is 227 g/mol. The lowest BCUT2D eigenvalue weighted by molar-refractivity contribution is 0.339. The second kappa shape index (κ2) is 5.36. The van der Waals surface area contributed by atoms with Crippen molar-refractivity contribution in [1.82, 2.24) is 0 Å². The summed E-state index contributed by atoms with van der Waals surface area (Å²) in [5.41, 5.74) is 2.52. The van der Waals surface area contributed by atoms with Gasteiger partial charge in [0.1, 0.15) is 0 Å².